The monoisotopic (exact) mass is 258 g/mol. The Morgan fingerprint density at radius 1 is 1.26 bits per heavy atom. The predicted octanol–water partition coefficient (Wildman–Crippen LogP) is 3.06. The molecule has 0 aliphatic rings. The highest BCUT2D eigenvalue weighted by atomic mass is 16.5. The SMILES string of the molecule is CCOC(=O)c1cc(-c2ccc(C)cc2)nn1CC. The van der Waals surface area contributed by atoms with E-state index in [1.54, 1.807) is 17.7 Å². The van der Waals surface area contributed by atoms with Crippen molar-refractivity contribution in [2.45, 2.75) is 27.3 Å². The van der Waals surface area contributed by atoms with Crippen LogP contribution in [0.2, 0.25) is 0 Å². The summed E-state index contributed by atoms with van der Waals surface area (Å²) in [5.74, 6) is -0.324. The van der Waals surface area contributed by atoms with Gasteiger partial charge in [0.05, 0.1) is 12.3 Å². The molecule has 0 unspecified atom stereocenters. The lowest BCUT2D eigenvalue weighted by molar-refractivity contribution is 0.0512. The Morgan fingerprint density at radius 3 is 2.53 bits per heavy atom. The number of hydrogen-bond acceptors (Lipinski definition) is 3. The zero-order valence-corrected chi connectivity index (χ0v) is 11.5. The Kier molecular flexibility index (Phi) is 4.00. The Bertz CT molecular complexity index is 570. The quantitative estimate of drug-likeness (QED) is 0.792. The number of rotatable bonds is 4. The molecule has 1 aromatic heterocycles. The molecular weight excluding hydrogens is 240 g/mol. The molecule has 0 aliphatic carbocycles. The van der Waals surface area contributed by atoms with E-state index in [0.717, 1.165) is 11.3 Å². The fraction of sp³-hybridized carbons (Fsp3) is 0.333. The topological polar surface area (TPSA) is 44.1 Å². The standard InChI is InChI=1S/C15H18N2O2/c1-4-17-14(15(18)19-5-2)10-13(16-17)12-8-6-11(3)7-9-12/h6-10H,4-5H2,1-3H3. The molecule has 0 bridgehead atoms. The first-order chi connectivity index (χ1) is 9.15. The molecule has 1 aromatic carbocycles. The van der Waals surface area contributed by atoms with Gasteiger partial charge in [-0.05, 0) is 26.8 Å². The summed E-state index contributed by atoms with van der Waals surface area (Å²) in [6.45, 7) is 6.80. The second kappa shape index (κ2) is 5.69. The van der Waals surface area contributed by atoms with E-state index >= 15 is 0 Å². The van der Waals surface area contributed by atoms with Gasteiger partial charge in [0.25, 0.3) is 0 Å². The number of ether oxygens (including phenoxy) is 1. The van der Waals surface area contributed by atoms with Crippen molar-refractivity contribution >= 4 is 5.97 Å². The van der Waals surface area contributed by atoms with Crippen molar-refractivity contribution in [3.63, 3.8) is 0 Å². The van der Waals surface area contributed by atoms with Gasteiger partial charge in [0.1, 0.15) is 5.69 Å². The van der Waals surface area contributed by atoms with Crippen molar-refractivity contribution < 1.29 is 9.53 Å². The van der Waals surface area contributed by atoms with Crippen LogP contribution in [0.4, 0.5) is 0 Å². The van der Waals surface area contributed by atoms with Crippen molar-refractivity contribution in [1.82, 2.24) is 9.78 Å². The van der Waals surface area contributed by atoms with E-state index < -0.39 is 0 Å². The molecule has 0 radical (unpaired) electrons. The molecule has 2 aromatic rings. The summed E-state index contributed by atoms with van der Waals surface area (Å²) in [5, 5.41) is 4.45. The van der Waals surface area contributed by atoms with E-state index in [1.807, 2.05) is 38.1 Å². The van der Waals surface area contributed by atoms with Gasteiger partial charge in [-0.15, -0.1) is 0 Å². The zero-order chi connectivity index (χ0) is 13.8. The van der Waals surface area contributed by atoms with Crippen molar-refractivity contribution in [1.29, 1.82) is 0 Å². The molecule has 1 heterocycles. The molecule has 4 nitrogen and oxygen atoms in total. The minimum absolute atomic E-state index is 0.324. The van der Waals surface area contributed by atoms with Crippen LogP contribution < -0.4 is 0 Å². The summed E-state index contributed by atoms with van der Waals surface area (Å²) in [5.41, 5.74) is 3.50. The van der Waals surface area contributed by atoms with Gasteiger partial charge in [-0.2, -0.15) is 5.10 Å². The lowest BCUT2D eigenvalue weighted by atomic mass is 10.1. The Hall–Kier alpha value is -2.10. The molecule has 0 N–H and O–H groups in total. The van der Waals surface area contributed by atoms with Gasteiger partial charge in [0, 0.05) is 12.1 Å². The van der Waals surface area contributed by atoms with Gasteiger partial charge >= 0.3 is 5.97 Å². The highest BCUT2D eigenvalue weighted by Gasteiger charge is 2.16. The first kappa shape index (κ1) is 13.3. The van der Waals surface area contributed by atoms with E-state index in [0.29, 0.717) is 18.8 Å². The van der Waals surface area contributed by atoms with Crippen LogP contribution in [0.25, 0.3) is 11.3 Å². The summed E-state index contributed by atoms with van der Waals surface area (Å²) < 4.78 is 6.71. The number of hydrogen-bond donors (Lipinski definition) is 0. The van der Waals surface area contributed by atoms with Gasteiger partial charge in [-0.1, -0.05) is 29.8 Å². The second-order valence-corrected chi connectivity index (χ2v) is 4.32. The fourth-order valence-electron chi connectivity index (χ4n) is 1.89. The first-order valence-electron chi connectivity index (χ1n) is 6.47. The summed E-state index contributed by atoms with van der Waals surface area (Å²) in [6, 6.07) is 9.86. The number of carbonyl (C=O) groups excluding carboxylic acids is 1. The molecule has 0 amide bonds. The van der Waals surface area contributed by atoms with Crippen molar-refractivity contribution in [3.05, 3.63) is 41.6 Å². The summed E-state index contributed by atoms with van der Waals surface area (Å²) in [7, 11) is 0. The van der Waals surface area contributed by atoms with E-state index in [1.165, 1.54) is 5.56 Å². The van der Waals surface area contributed by atoms with Crippen molar-refractivity contribution in [3.8, 4) is 11.3 Å². The largest absolute Gasteiger partial charge is 0.461 e. The maximum atomic E-state index is 11.8. The zero-order valence-electron chi connectivity index (χ0n) is 11.5. The number of esters is 1. The van der Waals surface area contributed by atoms with Crippen LogP contribution in [0.15, 0.2) is 30.3 Å². The lowest BCUT2D eigenvalue weighted by Crippen LogP contribution is -2.12. The van der Waals surface area contributed by atoms with Gasteiger partial charge < -0.3 is 4.74 Å². The molecule has 0 saturated heterocycles. The molecular formula is C15H18N2O2. The van der Waals surface area contributed by atoms with Crippen LogP contribution in [0.3, 0.4) is 0 Å². The second-order valence-electron chi connectivity index (χ2n) is 4.32. The van der Waals surface area contributed by atoms with E-state index in [4.69, 9.17) is 4.74 Å². The molecule has 0 fully saturated rings. The molecule has 2 rings (SSSR count). The Balaban J connectivity index is 2.38. The molecule has 100 valence electrons. The van der Waals surface area contributed by atoms with E-state index in [9.17, 15) is 4.79 Å². The Morgan fingerprint density at radius 2 is 1.95 bits per heavy atom. The smallest absolute Gasteiger partial charge is 0.356 e. The summed E-state index contributed by atoms with van der Waals surface area (Å²) >= 11 is 0. The number of nitrogens with zero attached hydrogens (tertiary/aromatic N) is 2. The predicted molar refractivity (Wildman–Crippen MR) is 74.0 cm³/mol. The number of benzene rings is 1. The summed E-state index contributed by atoms with van der Waals surface area (Å²) in [4.78, 5) is 11.8. The van der Waals surface area contributed by atoms with Gasteiger partial charge in [-0.3, -0.25) is 4.68 Å². The van der Waals surface area contributed by atoms with Crippen LogP contribution in [-0.4, -0.2) is 22.4 Å². The number of carbonyl (C=O) groups is 1. The van der Waals surface area contributed by atoms with Gasteiger partial charge in [0.15, 0.2) is 0 Å². The average molecular weight is 258 g/mol. The Labute approximate surface area is 113 Å². The van der Waals surface area contributed by atoms with E-state index in [2.05, 4.69) is 5.10 Å². The first-order valence-corrected chi connectivity index (χ1v) is 6.47. The fourth-order valence-corrected chi connectivity index (χ4v) is 1.89. The minimum atomic E-state index is -0.324. The van der Waals surface area contributed by atoms with Gasteiger partial charge in [0.2, 0.25) is 0 Å². The minimum Gasteiger partial charge on any atom is -0.461 e. The van der Waals surface area contributed by atoms with E-state index in [-0.39, 0.29) is 5.97 Å². The molecule has 4 heteroatoms. The molecule has 19 heavy (non-hydrogen) atoms. The third-order valence-electron chi connectivity index (χ3n) is 2.91. The maximum Gasteiger partial charge on any atom is 0.356 e. The number of aromatic nitrogens is 2. The molecule has 0 atom stereocenters. The van der Waals surface area contributed by atoms with Crippen LogP contribution >= 0.6 is 0 Å². The molecule has 0 saturated carbocycles. The lowest BCUT2D eigenvalue weighted by Gasteiger charge is -2.02. The molecule has 0 spiro atoms. The normalized spacial score (nSPS) is 10.5. The summed E-state index contributed by atoms with van der Waals surface area (Å²) in [6.07, 6.45) is 0. The van der Waals surface area contributed by atoms with Crippen LogP contribution in [0, 0.1) is 6.92 Å². The third kappa shape index (κ3) is 2.84. The highest BCUT2D eigenvalue weighted by Crippen LogP contribution is 2.20. The molecule has 0 aliphatic heterocycles. The van der Waals surface area contributed by atoms with Crippen LogP contribution in [0.1, 0.15) is 29.9 Å². The highest BCUT2D eigenvalue weighted by molar-refractivity contribution is 5.89. The third-order valence-corrected chi connectivity index (χ3v) is 2.91. The maximum absolute atomic E-state index is 11.8. The van der Waals surface area contributed by atoms with Crippen molar-refractivity contribution in [2.24, 2.45) is 0 Å². The van der Waals surface area contributed by atoms with Crippen LogP contribution in [0.5, 0.6) is 0 Å². The van der Waals surface area contributed by atoms with Gasteiger partial charge in [-0.25, -0.2) is 4.79 Å². The van der Waals surface area contributed by atoms with Crippen LogP contribution in [-0.2, 0) is 11.3 Å². The average Bonchev–Trinajstić information content (AvgIpc) is 2.84. The number of aryl methyl sites for hydroxylation is 2. The van der Waals surface area contributed by atoms with Crippen molar-refractivity contribution in [2.75, 3.05) is 6.61 Å².